The first-order chi connectivity index (χ1) is 10.0. The minimum Gasteiger partial charge on any atom is -0.491 e. The molecule has 1 atom stereocenters. The Morgan fingerprint density at radius 3 is 2.57 bits per heavy atom. The van der Waals surface area contributed by atoms with Crippen LogP contribution in [0.3, 0.4) is 0 Å². The molecule has 0 aliphatic carbocycles. The number of hydrogen-bond donors (Lipinski definition) is 1. The summed E-state index contributed by atoms with van der Waals surface area (Å²) in [5.41, 5.74) is 0.0327. The zero-order chi connectivity index (χ0) is 15.2. The summed E-state index contributed by atoms with van der Waals surface area (Å²) < 4.78 is 5.47. The molecule has 6 heteroatoms. The number of rotatable bonds is 6. The number of hydrogen-bond acceptors (Lipinski definition) is 5. The van der Waals surface area contributed by atoms with Gasteiger partial charge in [0.15, 0.2) is 0 Å². The lowest BCUT2D eigenvalue weighted by molar-refractivity contribution is -0.384. The largest absolute Gasteiger partial charge is 0.491 e. The molecule has 2 rings (SSSR count). The zero-order valence-corrected chi connectivity index (χ0v) is 12.3. The van der Waals surface area contributed by atoms with Crippen molar-refractivity contribution < 1.29 is 14.8 Å². The molecule has 1 fully saturated rings. The summed E-state index contributed by atoms with van der Waals surface area (Å²) in [5.74, 6) is 1.31. The van der Waals surface area contributed by atoms with Gasteiger partial charge in [-0.15, -0.1) is 0 Å². The monoisotopic (exact) mass is 294 g/mol. The predicted octanol–water partition coefficient (Wildman–Crippen LogP) is 2.07. The second-order valence-electron chi connectivity index (χ2n) is 5.70. The van der Waals surface area contributed by atoms with Crippen LogP contribution in [0, 0.1) is 16.0 Å². The van der Waals surface area contributed by atoms with Crippen LogP contribution in [-0.4, -0.2) is 47.3 Å². The number of benzene rings is 1. The molecule has 0 unspecified atom stereocenters. The zero-order valence-electron chi connectivity index (χ0n) is 12.3. The number of likely N-dealkylation sites (tertiary alicyclic amines) is 1. The Bertz CT molecular complexity index is 455. The molecule has 1 aromatic carbocycles. The summed E-state index contributed by atoms with van der Waals surface area (Å²) in [6.45, 7) is 5.11. The average molecular weight is 294 g/mol. The van der Waals surface area contributed by atoms with Crippen LogP contribution < -0.4 is 4.74 Å². The molecule has 116 valence electrons. The highest BCUT2D eigenvalue weighted by Crippen LogP contribution is 2.18. The van der Waals surface area contributed by atoms with Gasteiger partial charge in [-0.1, -0.05) is 6.92 Å². The van der Waals surface area contributed by atoms with E-state index in [1.165, 1.54) is 25.0 Å². The maximum absolute atomic E-state index is 10.5. The van der Waals surface area contributed by atoms with Gasteiger partial charge in [-0.25, -0.2) is 0 Å². The Kier molecular flexibility index (Phi) is 5.52. The number of aliphatic hydroxyl groups is 1. The third-order valence-electron chi connectivity index (χ3n) is 3.84. The molecule has 6 nitrogen and oxygen atoms in total. The van der Waals surface area contributed by atoms with Gasteiger partial charge < -0.3 is 14.7 Å². The molecule has 21 heavy (non-hydrogen) atoms. The summed E-state index contributed by atoms with van der Waals surface area (Å²) in [4.78, 5) is 12.3. The van der Waals surface area contributed by atoms with Crippen molar-refractivity contribution in [2.75, 3.05) is 26.2 Å². The van der Waals surface area contributed by atoms with E-state index < -0.39 is 11.0 Å². The minimum atomic E-state index is -0.548. The van der Waals surface area contributed by atoms with Gasteiger partial charge in [-0.3, -0.25) is 10.1 Å². The summed E-state index contributed by atoms with van der Waals surface area (Å²) in [5, 5.41) is 20.5. The maximum Gasteiger partial charge on any atom is 0.269 e. The third kappa shape index (κ3) is 4.99. The fourth-order valence-electron chi connectivity index (χ4n) is 2.45. The Balaban J connectivity index is 1.73. The number of nitrogens with zero attached hydrogens (tertiary/aromatic N) is 2. The fourth-order valence-corrected chi connectivity index (χ4v) is 2.45. The molecule has 1 saturated heterocycles. The Morgan fingerprint density at radius 1 is 1.38 bits per heavy atom. The van der Waals surface area contributed by atoms with Crippen LogP contribution in [0.5, 0.6) is 5.75 Å². The smallest absolute Gasteiger partial charge is 0.269 e. The van der Waals surface area contributed by atoms with E-state index in [9.17, 15) is 15.2 Å². The molecule has 0 radical (unpaired) electrons. The molecular weight excluding hydrogens is 272 g/mol. The topological polar surface area (TPSA) is 75.8 Å². The van der Waals surface area contributed by atoms with Gasteiger partial charge in [0.2, 0.25) is 0 Å². The van der Waals surface area contributed by atoms with Crippen LogP contribution in [0.1, 0.15) is 19.8 Å². The highest BCUT2D eigenvalue weighted by Gasteiger charge is 2.18. The lowest BCUT2D eigenvalue weighted by Crippen LogP contribution is -2.40. The average Bonchev–Trinajstić information content (AvgIpc) is 2.48. The van der Waals surface area contributed by atoms with Crippen molar-refractivity contribution in [1.82, 2.24) is 4.90 Å². The van der Waals surface area contributed by atoms with E-state index in [0.29, 0.717) is 12.3 Å². The summed E-state index contributed by atoms with van der Waals surface area (Å²) in [6.07, 6.45) is 1.81. The minimum absolute atomic E-state index is 0.0327. The summed E-state index contributed by atoms with van der Waals surface area (Å²) in [7, 11) is 0. The first-order valence-corrected chi connectivity index (χ1v) is 7.32. The molecule has 1 heterocycles. The van der Waals surface area contributed by atoms with Crippen LogP contribution in [0.4, 0.5) is 5.69 Å². The normalized spacial score (nSPS) is 18.4. The highest BCUT2D eigenvalue weighted by molar-refractivity contribution is 5.35. The fraction of sp³-hybridized carbons (Fsp3) is 0.600. The lowest BCUT2D eigenvalue weighted by Gasteiger charge is -2.31. The van der Waals surface area contributed by atoms with Crippen molar-refractivity contribution >= 4 is 5.69 Å². The highest BCUT2D eigenvalue weighted by atomic mass is 16.6. The summed E-state index contributed by atoms with van der Waals surface area (Å²) >= 11 is 0. The number of nitro benzene ring substituents is 1. The van der Waals surface area contributed by atoms with Crippen LogP contribution in [0.15, 0.2) is 24.3 Å². The standard InChI is InChI=1S/C15H22N2O4/c1-12-6-8-16(9-7-12)10-14(18)11-21-15-4-2-13(3-5-15)17(19)20/h2-5,12,14,18H,6-11H2,1H3/t14-/m1/s1. The second kappa shape index (κ2) is 7.38. The van der Waals surface area contributed by atoms with Crippen molar-refractivity contribution in [3.63, 3.8) is 0 Å². The molecule has 0 saturated carbocycles. The van der Waals surface area contributed by atoms with E-state index in [1.54, 1.807) is 12.1 Å². The van der Waals surface area contributed by atoms with Gasteiger partial charge in [0.25, 0.3) is 5.69 Å². The molecule has 0 amide bonds. The number of ether oxygens (including phenoxy) is 1. The van der Waals surface area contributed by atoms with E-state index in [1.807, 2.05) is 0 Å². The quantitative estimate of drug-likeness (QED) is 0.642. The number of non-ortho nitro benzene ring substituents is 1. The van der Waals surface area contributed by atoms with Crippen LogP contribution >= 0.6 is 0 Å². The van der Waals surface area contributed by atoms with Gasteiger partial charge in [0, 0.05) is 18.7 Å². The van der Waals surface area contributed by atoms with E-state index in [2.05, 4.69) is 11.8 Å². The van der Waals surface area contributed by atoms with Crippen LogP contribution in [-0.2, 0) is 0 Å². The Labute approximate surface area is 124 Å². The van der Waals surface area contributed by atoms with Crippen LogP contribution in [0.25, 0.3) is 0 Å². The number of β-amino-alcohol motifs (C(OH)–C–C–N with tert-alkyl or cyclic N) is 1. The molecule has 0 spiro atoms. The van der Waals surface area contributed by atoms with Gasteiger partial charge >= 0.3 is 0 Å². The van der Waals surface area contributed by atoms with E-state index >= 15 is 0 Å². The number of nitro groups is 1. The second-order valence-corrected chi connectivity index (χ2v) is 5.70. The van der Waals surface area contributed by atoms with Gasteiger partial charge in [0.05, 0.1) is 4.92 Å². The number of aliphatic hydroxyl groups excluding tert-OH is 1. The molecule has 0 bridgehead atoms. The molecule has 0 aromatic heterocycles. The van der Waals surface area contributed by atoms with E-state index in [-0.39, 0.29) is 12.3 Å². The van der Waals surface area contributed by atoms with Crippen LogP contribution in [0.2, 0.25) is 0 Å². The van der Waals surface area contributed by atoms with E-state index in [0.717, 1.165) is 19.0 Å². The maximum atomic E-state index is 10.5. The van der Waals surface area contributed by atoms with E-state index in [4.69, 9.17) is 4.74 Å². The predicted molar refractivity (Wildman–Crippen MR) is 79.4 cm³/mol. The SMILES string of the molecule is CC1CCN(C[C@@H](O)COc2ccc([N+](=O)[O-])cc2)CC1. The van der Waals surface area contributed by atoms with Crippen molar-refractivity contribution in [2.24, 2.45) is 5.92 Å². The van der Waals surface area contributed by atoms with Crippen molar-refractivity contribution in [1.29, 1.82) is 0 Å². The molecular formula is C15H22N2O4. The van der Waals surface area contributed by atoms with Gasteiger partial charge in [-0.2, -0.15) is 0 Å². The Hall–Kier alpha value is -1.66. The first kappa shape index (κ1) is 15.7. The van der Waals surface area contributed by atoms with Gasteiger partial charge in [-0.05, 0) is 44.0 Å². The molecule has 1 N–H and O–H groups in total. The third-order valence-corrected chi connectivity index (χ3v) is 3.84. The van der Waals surface area contributed by atoms with Gasteiger partial charge in [0.1, 0.15) is 18.5 Å². The first-order valence-electron chi connectivity index (χ1n) is 7.32. The lowest BCUT2D eigenvalue weighted by atomic mass is 9.99. The van der Waals surface area contributed by atoms with Crippen molar-refractivity contribution in [2.45, 2.75) is 25.9 Å². The number of piperidine rings is 1. The molecule has 1 aliphatic rings. The molecule has 1 aliphatic heterocycles. The van der Waals surface area contributed by atoms with Crippen molar-refractivity contribution in [3.8, 4) is 5.75 Å². The van der Waals surface area contributed by atoms with Crippen molar-refractivity contribution in [3.05, 3.63) is 34.4 Å². The Morgan fingerprint density at radius 2 is 2.00 bits per heavy atom. The summed E-state index contributed by atoms with van der Waals surface area (Å²) in [6, 6.07) is 5.89. The molecule has 1 aromatic rings.